The molecule has 0 aromatic carbocycles. The number of aryl methyl sites for hydroxylation is 1. The van der Waals surface area contributed by atoms with Crippen LogP contribution in [-0.4, -0.2) is 54.9 Å². The fourth-order valence-corrected chi connectivity index (χ4v) is 4.08. The smallest absolute Gasteiger partial charge is 0.366 e. The van der Waals surface area contributed by atoms with Crippen LogP contribution in [0.2, 0.25) is 0 Å². The number of amides is 1. The Morgan fingerprint density at radius 2 is 1.97 bits per heavy atom. The monoisotopic (exact) mass is 477 g/mol. The topological polar surface area (TPSA) is 88.8 Å². The third-order valence-electron chi connectivity index (χ3n) is 5.87. The number of carbonyl (C=O) groups is 1. The van der Waals surface area contributed by atoms with Crippen LogP contribution in [0.25, 0.3) is 5.69 Å². The highest BCUT2D eigenvalue weighted by Crippen LogP contribution is 2.31. The van der Waals surface area contributed by atoms with E-state index in [2.05, 4.69) is 25.5 Å². The number of pyridine rings is 2. The molecule has 1 N–H and O–H groups in total. The zero-order valence-electron chi connectivity index (χ0n) is 18.6. The van der Waals surface area contributed by atoms with Gasteiger partial charge in [0.15, 0.2) is 17.3 Å². The maximum atomic E-state index is 14.3. The van der Waals surface area contributed by atoms with Gasteiger partial charge in [0.2, 0.25) is 0 Å². The number of rotatable bonds is 5. The van der Waals surface area contributed by atoms with Crippen LogP contribution in [0.3, 0.4) is 0 Å². The summed E-state index contributed by atoms with van der Waals surface area (Å²) in [6, 6.07) is 3.53. The zero-order valence-corrected chi connectivity index (χ0v) is 18.6. The molecule has 0 radical (unpaired) electrons. The van der Waals surface area contributed by atoms with Crippen LogP contribution in [0, 0.1) is 18.7 Å². The summed E-state index contributed by atoms with van der Waals surface area (Å²) in [5.41, 5.74) is 0.105. The van der Waals surface area contributed by atoms with Crippen LogP contribution in [0.5, 0.6) is 0 Å². The van der Waals surface area contributed by atoms with E-state index in [4.69, 9.17) is 0 Å². The Kier molecular flexibility index (Phi) is 6.49. The minimum absolute atomic E-state index is 0.0544. The van der Waals surface area contributed by atoms with Gasteiger partial charge in [0, 0.05) is 25.0 Å². The number of anilines is 1. The van der Waals surface area contributed by atoms with E-state index in [-0.39, 0.29) is 35.9 Å². The second-order valence-electron chi connectivity index (χ2n) is 8.26. The molecule has 0 bridgehead atoms. The van der Waals surface area contributed by atoms with Gasteiger partial charge in [-0.15, -0.1) is 4.80 Å². The molecular formula is C22H23F4N7O. The first kappa shape index (κ1) is 23.6. The summed E-state index contributed by atoms with van der Waals surface area (Å²) in [5, 5.41) is 11.0. The van der Waals surface area contributed by atoms with Crippen molar-refractivity contribution in [2.75, 3.05) is 18.4 Å². The quantitative estimate of drug-likeness (QED) is 0.562. The molecule has 180 valence electrons. The standard InChI is InChI=1S/C22H23F4N7O/c1-13-4-3-9-32(18(13)12-28-20-16(23)10-15(11-27-20)22(24,25)26)21(34)19-17(6-5-14(2)31-19)33-29-7-8-30-33/h5-8,10-11,13,18H,3-4,9,12H2,1-2H3,(H,27,28)/t13-,18?/m1/s1. The largest absolute Gasteiger partial charge is 0.417 e. The first-order valence-electron chi connectivity index (χ1n) is 10.8. The molecule has 2 atom stereocenters. The fourth-order valence-electron chi connectivity index (χ4n) is 4.08. The first-order valence-corrected chi connectivity index (χ1v) is 10.8. The lowest BCUT2D eigenvalue weighted by Gasteiger charge is -2.40. The van der Waals surface area contributed by atoms with Crippen molar-refractivity contribution in [2.45, 2.75) is 38.9 Å². The molecule has 12 heteroatoms. The summed E-state index contributed by atoms with van der Waals surface area (Å²) >= 11 is 0. The lowest BCUT2D eigenvalue weighted by atomic mass is 9.90. The Morgan fingerprint density at radius 3 is 2.65 bits per heavy atom. The van der Waals surface area contributed by atoms with E-state index >= 15 is 0 Å². The molecule has 1 saturated heterocycles. The maximum Gasteiger partial charge on any atom is 0.417 e. The molecule has 1 amide bonds. The summed E-state index contributed by atoms with van der Waals surface area (Å²) < 4.78 is 52.7. The zero-order chi connectivity index (χ0) is 24.5. The molecule has 1 aliphatic heterocycles. The number of nitrogens with one attached hydrogen (secondary N) is 1. The van der Waals surface area contributed by atoms with Crippen LogP contribution in [-0.2, 0) is 6.18 Å². The Morgan fingerprint density at radius 1 is 1.24 bits per heavy atom. The highest BCUT2D eigenvalue weighted by atomic mass is 19.4. The van der Waals surface area contributed by atoms with E-state index in [1.807, 2.05) is 6.92 Å². The predicted octanol–water partition coefficient (Wildman–Crippen LogP) is 3.88. The average Bonchev–Trinajstić information content (AvgIpc) is 3.32. The molecule has 3 aromatic rings. The van der Waals surface area contributed by atoms with E-state index in [9.17, 15) is 22.4 Å². The minimum atomic E-state index is -4.69. The highest BCUT2D eigenvalue weighted by molar-refractivity contribution is 5.96. The van der Waals surface area contributed by atoms with Crippen LogP contribution in [0.4, 0.5) is 23.4 Å². The SMILES string of the molecule is Cc1ccc(-n2nccn2)c(C(=O)N2CCC[C@@H](C)C2CNc2ncc(C(F)(F)F)cc2F)n1. The number of carbonyl (C=O) groups excluding carboxylic acids is 1. The first-order chi connectivity index (χ1) is 16.1. The van der Waals surface area contributed by atoms with Gasteiger partial charge in [-0.3, -0.25) is 4.79 Å². The van der Waals surface area contributed by atoms with Gasteiger partial charge < -0.3 is 10.2 Å². The molecule has 34 heavy (non-hydrogen) atoms. The summed E-state index contributed by atoms with van der Waals surface area (Å²) in [4.78, 5) is 24.6. The number of hydrogen-bond acceptors (Lipinski definition) is 6. The molecular weight excluding hydrogens is 454 g/mol. The van der Waals surface area contributed by atoms with Gasteiger partial charge in [-0.05, 0) is 43.9 Å². The van der Waals surface area contributed by atoms with Crippen LogP contribution in [0.1, 0.15) is 41.5 Å². The summed E-state index contributed by atoms with van der Waals surface area (Å²) in [7, 11) is 0. The van der Waals surface area contributed by atoms with Gasteiger partial charge in [-0.1, -0.05) is 6.92 Å². The highest BCUT2D eigenvalue weighted by Gasteiger charge is 2.35. The fraction of sp³-hybridized carbons (Fsp3) is 0.409. The van der Waals surface area contributed by atoms with Crippen molar-refractivity contribution in [2.24, 2.45) is 5.92 Å². The van der Waals surface area contributed by atoms with E-state index < -0.39 is 17.6 Å². The Hall–Kier alpha value is -3.57. The second kappa shape index (κ2) is 9.35. The number of likely N-dealkylation sites (tertiary alicyclic amines) is 1. The Balaban J connectivity index is 1.58. The summed E-state index contributed by atoms with van der Waals surface area (Å²) in [5.74, 6) is -1.68. The second-order valence-corrected chi connectivity index (χ2v) is 8.26. The Bertz CT molecular complexity index is 1170. The molecule has 0 aliphatic carbocycles. The number of nitrogens with zero attached hydrogens (tertiary/aromatic N) is 6. The van der Waals surface area contributed by atoms with Crippen molar-refractivity contribution in [1.29, 1.82) is 0 Å². The van der Waals surface area contributed by atoms with Crippen molar-refractivity contribution in [3.05, 3.63) is 59.6 Å². The lowest BCUT2D eigenvalue weighted by molar-refractivity contribution is -0.138. The number of alkyl halides is 3. The lowest BCUT2D eigenvalue weighted by Crippen LogP contribution is -2.51. The van der Waals surface area contributed by atoms with Crippen LogP contribution in [0.15, 0.2) is 36.8 Å². The van der Waals surface area contributed by atoms with Gasteiger partial charge in [-0.25, -0.2) is 14.4 Å². The normalized spacial score (nSPS) is 18.7. The molecule has 0 saturated carbocycles. The molecule has 0 spiro atoms. The molecule has 4 rings (SSSR count). The molecule has 8 nitrogen and oxygen atoms in total. The molecule has 4 heterocycles. The van der Waals surface area contributed by atoms with Crippen molar-refractivity contribution in [1.82, 2.24) is 29.9 Å². The van der Waals surface area contributed by atoms with Crippen molar-refractivity contribution >= 4 is 11.7 Å². The predicted molar refractivity (Wildman–Crippen MR) is 115 cm³/mol. The third kappa shape index (κ3) is 4.85. The van der Waals surface area contributed by atoms with E-state index in [0.717, 1.165) is 12.8 Å². The average molecular weight is 477 g/mol. The number of hydrogen-bond donors (Lipinski definition) is 1. The van der Waals surface area contributed by atoms with Crippen LogP contribution >= 0.6 is 0 Å². The Labute approximate surface area is 193 Å². The van der Waals surface area contributed by atoms with Crippen molar-refractivity contribution in [3.8, 4) is 5.69 Å². The maximum absolute atomic E-state index is 14.3. The summed E-state index contributed by atoms with van der Waals surface area (Å²) in [6.45, 7) is 4.32. The molecule has 1 aliphatic rings. The van der Waals surface area contributed by atoms with Gasteiger partial charge >= 0.3 is 6.18 Å². The van der Waals surface area contributed by atoms with E-state index in [0.29, 0.717) is 30.2 Å². The molecule has 1 fully saturated rings. The summed E-state index contributed by atoms with van der Waals surface area (Å²) in [6.07, 6.45) is 0.504. The van der Waals surface area contributed by atoms with Gasteiger partial charge in [0.05, 0.1) is 24.0 Å². The van der Waals surface area contributed by atoms with Gasteiger partial charge in [0.1, 0.15) is 5.69 Å². The van der Waals surface area contributed by atoms with E-state index in [1.165, 1.54) is 17.2 Å². The number of aromatic nitrogens is 5. The third-order valence-corrected chi connectivity index (χ3v) is 5.87. The molecule has 3 aromatic heterocycles. The number of halogens is 4. The number of piperidine rings is 1. The van der Waals surface area contributed by atoms with Crippen LogP contribution < -0.4 is 5.32 Å². The van der Waals surface area contributed by atoms with Crippen molar-refractivity contribution < 1.29 is 22.4 Å². The van der Waals surface area contributed by atoms with Gasteiger partial charge in [0.25, 0.3) is 5.91 Å². The van der Waals surface area contributed by atoms with Gasteiger partial charge in [-0.2, -0.15) is 23.4 Å². The van der Waals surface area contributed by atoms with Crippen molar-refractivity contribution in [3.63, 3.8) is 0 Å². The molecule has 1 unspecified atom stereocenters. The minimum Gasteiger partial charge on any atom is -0.366 e. The van der Waals surface area contributed by atoms with E-state index in [1.54, 1.807) is 24.0 Å².